The van der Waals surface area contributed by atoms with Crippen LogP contribution < -0.4 is 25.4 Å². The lowest BCUT2D eigenvalue weighted by Crippen LogP contribution is -2.44. The minimum absolute atomic E-state index is 0.0594. The van der Waals surface area contributed by atoms with E-state index in [1.165, 1.54) is 5.56 Å². The Bertz CT molecular complexity index is 1850. The van der Waals surface area contributed by atoms with E-state index in [1.54, 1.807) is 20.5 Å². The Balaban J connectivity index is 1.09. The minimum atomic E-state index is -0.759. The van der Waals surface area contributed by atoms with Gasteiger partial charge in [0.25, 0.3) is 0 Å². The van der Waals surface area contributed by atoms with Crippen molar-refractivity contribution in [2.75, 3.05) is 44.5 Å². The molecule has 2 amide bonds. The molecule has 6 rings (SSSR count). The largest absolute Gasteiger partial charge is 0.497 e. The Labute approximate surface area is 312 Å². The third kappa shape index (κ3) is 8.86. The summed E-state index contributed by atoms with van der Waals surface area (Å²) in [6.07, 6.45) is 3.00. The molecule has 0 spiro atoms. The van der Waals surface area contributed by atoms with Crippen LogP contribution in [0.5, 0.6) is 11.5 Å². The molecule has 286 valence electrons. The van der Waals surface area contributed by atoms with Gasteiger partial charge in [0.05, 0.1) is 19.6 Å². The molecule has 0 radical (unpaired) electrons. The number of anilines is 2. The van der Waals surface area contributed by atoms with Gasteiger partial charge >= 0.3 is 6.03 Å². The number of nitrogens with zero attached hydrogens (tertiary/aromatic N) is 4. The highest BCUT2D eigenvalue weighted by Crippen LogP contribution is 2.44. The van der Waals surface area contributed by atoms with Crippen LogP contribution in [-0.2, 0) is 26.2 Å². The monoisotopic (exact) mass is 729 g/mol. The number of fused-ring (bicyclic) bond motifs is 2. The SMILES string of the molecule is COc1ccc(CNc2ncnc3c2ccn3[C@@H]2O[C@H](CN(CCCNC(=O)Nc3ccc(C(C)(C)C)cc3)C(C)C)[C@H]3OC(C)(C)O[C@H]32)c(OC)c1. The van der Waals surface area contributed by atoms with Gasteiger partial charge < -0.3 is 44.2 Å². The van der Waals surface area contributed by atoms with Crippen molar-refractivity contribution in [3.05, 3.63) is 72.2 Å². The second-order valence-electron chi connectivity index (χ2n) is 15.5. The van der Waals surface area contributed by atoms with E-state index in [-0.39, 0.29) is 35.8 Å². The summed E-state index contributed by atoms with van der Waals surface area (Å²) in [4.78, 5) is 24.2. The number of carbonyl (C=O) groups is 1. The molecule has 3 N–H and O–H groups in total. The molecule has 2 aromatic heterocycles. The van der Waals surface area contributed by atoms with Crippen molar-refractivity contribution in [3.8, 4) is 11.5 Å². The van der Waals surface area contributed by atoms with Gasteiger partial charge in [-0.1, -0.05) is 32.9 Å². The van der Waals surface area contributed by atoms with Gasteiger partial charge in [-0.2, -0.15) is 0 Å². The number of methoxy groups -OCH3 is 2. The topological polar surface area (TPSA) is 133 Å². The van der Waals surface area contributed by atoms with E-state index in [4.69, 9.17) is 23.7 Å². The van der Waals surface area contributed by atoms with Crippen molar-refractivity contribution in [3.63, 3.8) is 0 Å². The average Bonchev–Trinajstić information content (AvgIpc) is 3.79. The van der Waals surface area contributed by atoms with E-state index in [1.807, 2.05) is 61.0 Å². The summed E-state index contributed by atoms with van der Waals surface area (Å²) in [5, 5.41) is 10.3. The third-order valence-electron chi connectivity index (χ3n) is 9.91. The van der Waals surface area contributed by atoms with E-state index in [9.17, 15) is 4.79 Å². The highest BCUT2D eigenvalue weighted by atomic mass is 16.8. The lowest BCUT2D eigenvalue weighted by Gasteiger charge is -2.31. The molecule has 2 aromatic carbocycles. The third-order valence-corrected chi connectivity index (χ3v) is 9.91. The zero-order valence-corrected chi connectivity index (χ0v) is 32.4. The van der Waals surface area contributed by atoms with E-state index in [0.29, 0.717) is 25.5 Å². The van der Waals surface area contributed by atoms with Crippen LogP contribution in [0.4, 0.5) is 16.3 Å². The molecule has 2 aliphatic rings. The Hall–Kier alpha value is -4.43. The zero-order valence-electron chi connectivity index (χ0n) is 32.4. The molecule has 4 heterocycles. The maximum absolute atomic E-state index is 12.6. The van der Waals surface area contributed by atoms with Gasteiger partial charge in [-0.3, -0.25) is 4.90 Å². The van der Waals surface area contributed by atoms with Gasteiger partial charge in [0, 0.05) is 55.7 Å². The fourth-order valence-electron chi connectivity index (χ4n) is 7.03. The van der Waals surface area contributed by atoms with Gasteiger partial charge in [-0.15, -0.1) is 0 Å². The van der Waals surface area contributed by atoms with Gasteiger partial charge in [-0.25, -0.2) is 14.8 Å². The van der Waals surface area contributed by atoms with Gasteiger partial charge in [0.1, 0.15) is 47.6 Å². The van der Waals surface area contributed by atoms with Gasteiger partial charge in [-0.05, 0) is 75.4 Å². The van der Waals surface area contributed by atoms with Crippen molar-refractivity contribution in [2.45, 2.75) is 103 Å². The smallest absolute Gasteiger partial charge is 0.319 e. The lowest BCUT2D eigenvalue weighted by atomic mass is 9.87. The fourth-order valence-corrected chi connectivity index (χ4v) is 7.03. The normalized spacial score (nSPS) is 20.9. The number of aromatic nitrogens is 3. The van der Waals surface area contributed by atoms with Crippen LogP contribution in [0.15, 0.2) is 61.1 Å². The average molecular weight is 730 g/mol. The quantitative estimate of drug-likeness (QED) is 0.121. The molecular formula is C40H55N7O6. The van der Waals surface area contributed by atoms with Gasteiger partial charge in [0.2, 0.25) is 0 Å². The number of hydrogen-bond donors (Lipinski definition) is 3. The van der Waals surface area contributed by atoms with E-state index >= 15 is 0 Å². The second kappa shape index (κ2) is 15.9. The molecule has 4 aromatic rings. The first-order valence-corrected chi connectivity index (χ1v) is 18.4. The molecule has 0 bridgehead atoms. The summed E-state index contributed by atoms with van der Waals surface area (Å²) in [5.41, 5.74) is 3.76. The number of benzene rings is 2. The zero-order chi connectivity index (χ0) is 37.9. The molecule has 0 saturated carbocycles. The molecule has 13 heteroatoms. The molecule has 0 unspecified atom stereocenters. The molecular weight excluding hydrogens is 674 g/mol. The first-order valence-electron chi connectivity index (χ1n) is 18.4. The summed E-state index contributed by atoms with van der Waals surface area (Å²) >= 11 is 0. The first-order chi connectivity index (χ1) is 25.3. The number of amides is 2. The van der Waals surface area contributed by atoms with Gasteiger partial charge in [0.15, 0.2) is 12.0 Å². The Morgan fingerprint density at radius 3 is 2.47 bits per heavy atom. The van der Waals surface area contributed by atoms with E-state index < -0.39 is 12.0 Å². The van der Waals surface area contributed by atoms with Crippen LogP contribution in [0, 0.1) is 0 Å². The molecule has 0 aliphatic carbocycles. The number of nitrogens with one attached hydrogen (secondary N) is 3. The predicted molar refractivity (Wildman–Crippen MR) is 206 cm³/mol. The Morgan fingerprint density at radius 1 is 1.02 bits per heavy atom. The Kier molecular flexibility index (Phi) is 11.5. The lowest BCUT2D eigenvalue weighted by molar-refractivity contribution is -0.198. The van der Waals surface area contributed by atoms with Crippen molar-refractivity contribution in [2.24, 2.45) is 0 Å². The second-order valence-corrected chi connectivity index (χ2v) is 15.5. The number of rotatable bonds is 14. The number of urea groups is 1. The predicted octanol–water partition coefficient (Wildman–Crippen LogP) is 6.70. The van der Waals surface area contributed by atoms with E-state index in [0.717, 1.165) is 46.7 Å². The summed E-state index contributed by atoms with van der Waals surface area (Å²) in [6, 6.07) is 15.8. The fraction of sp³-hybridized carbons (Fsp3) is 0.525. The maximum atomic E-state index is 12.6. The van der Waals surface area contributed by atoms with Crippen LogP contribution >= 0.6 is 0 Å². The van der Waals surface area contributed by atoms with Crippen molar-refractivity contribution < 1.29 is 28.5 Å². The molecule has 53 heavy (non-hydrogen) atoms. The standard InChI is InChI=1S/C40H55N7O6/c1-25(2)46(19-10-18-41-38(48)45-28-14-12-27(13-15-28)39(3,4)5)23-32-33-34(53-40(6,7)52-33)37(51-32)47-20-17-30-35(43-24-44-36(30)47)42-22-26-11-16-29(49-8)21-31(26)50-9/h11-17,20-21,24-25,32-34,37H,10,18-19,22-23H2,1-9H3,(H2,41,45,48)(H,42,43,44)/t32-,33-,34-,37-/m1/s1. The molecule has 2 saturated heterocycles. The number of ether oxygens (including phenoxy) is 5. The Morgan fingerprint density at radius 2 is 1.77 bits per heavy atom. The summed E-state index contributed by atoms with van der Waals surface area (Å²) < 4.78 is 32.7. The van der Waals surface area contributed by atoms with Crippen LogP contribution in [0.3, 0.4) is 0 Å². The first kappa shape index (κ1) is 38.3. The highest BCUT2D eigenvalue weighted by Gasteiger charge is 2.56. The number of carbonyl (C=O) groups excluding carboxylic acids is 1. The minimum Gasteiger partial charge on any atom is -0.497 e. The highest BCUT2D eigenvalue weighted by molar-refractivity contribution is 5.89. The molecule has 2 aliphatic heterocycles. The summed E-state index contributed by atoms with van der Waals surface area (Å²) in [5.74, 6) is 1.40. The number of hydrogen-bond acceptors (Lipinski definition) is 10. The van der Waals surface area contributed by atoms with Crippen molar-refractivity contribution in [1.29, 1.82) is 0 Å². The summed E-state index contributed by atoms with van der Waals surface area (Å²) in [7, 11) is 3.28. The van der Waals surface area contributed by atoms with Crippen LogP contribution in [-0.4, -0.2) is 89.5 Å². The molecule has 13 nitrogen and oxygen atoms in total. The molecule has 4 atom stereocenters. The van der Waals surface area contributed by atoms with Crippen LogP contribution in [0.25, 0.3) is 11.0 Å². The van der Waals surface area contributed by atoms with Crippen LogP contribution in [0.1, 0.15) is 72.2 Å². The van der Waals surface area contributed by atoms with Crippen LogP contribution in [0.2, 0.25) is 0 Å². The molecule has 2 fully saturated rings. The van der Waals surface area contributed by atoms with Crippen molar-refractivity contribution >= 4 is 28.6 Å². The maximum Gasteiger partial charge on any atom is 0.319 e. The summed E-state index contributed by atoms with van der Waals surface area (Å²) in [6.45, 7) is 17.2. The van der Waals surface area contributed by atoms with Crippen molar-refractivity contribution in [1.82, 2.24) is 24.8 Å². The van der Waals surface area contributed by atoms with E-state index in [2.05, 4.69) is 77.6 Å².